The first kappa shape index (κ1) is 15.3. The Morgan fingerprint density at radius 3 is 2.65 bits per heavy atom. The van der Waals surface area contributed by atoms with E-state index < -0.39 is 11.9 Å². The number of nitrogens with two attached hydrogens (primary N) is 1. The van der Waals surface area contributed by atoms with Crippen LogP contribution in [0.15, 0.2) is 46.9 Å². The van der Waals surface area contributed by atoms with E-state index in [1.54, 1.807) is 30.3 Å². The molecular formula is C17H13BrN2O3. The third-order valence-corrected chi connectivity index (χ3v) is 4.29. The molecule has 0 atom stereocenters. The SMILES string of the molecule is COC(=O)c1cccc(-c2cc3c(Br)ccc(C(N)=O)c3[nH]2)c1. The number of H-pyrrole nitrogens is 1. The van der Waals surface area contributed by atoms with Gasteiger partial charge in [0.15, 0.2) is 0 Å². The number of amides is 1. The van der Waals surface area contributed by atoms with E-state index in [4.69, 9.17) is 10.5 Å². The molecule has 0 radical (unpaired) electrons. The first-order valence-corrected chi connectivity index (χ1v) is 7.60. The molecule has 0 spiro atoms. The Balaban J connectivity index is 2.18. The highest BCUT2D eigenvalue weighted by molar-refractivity contribution is 9.10. The van der Waals surface area contributed by atoms with Gasteiger partial charge in [0, 0.05) is 15.6 Å². The highest BCUT2D eigenvalue weighted by Gasteiger charge is 2.14. The van der Waals surface area contributed by atoms with Crippen molar-refractivity contribution >= 4 is 38.7 Å². The zero-order chi connectivity index (χ0) is 16.6. The first-order valence-electron chi connectivity index (χ1n) is 6.81. The smallest absolute Gasteiger partial charge is 0.337 e. The number of primary amides is 1. The number of rotatable bonds is 3. The minimum absolute atomic E-state index is 0.401. The van der Waals surface area contributed by atoms with E-state index >= 15 is 0 Å². The summed E-state index contributed by atoms with van der Waals surface area (Å²) in [6.45, 7) is 0. The van der Waals surface area contributed by atoms with Crippen molar-refractivity contribution < 1.29 is 14.3 Å². The van der Waals surface area contributed by atoms with E-state index in [0.717, 1.165) is 21.1 Å². The lowest BCUT2D eigenvalue weighted by Crippen LogP contribution is -2.11. The minimum atomic E-state index is -0.501. The molecule has 0 aliphatic heterocycles. The number of carbonyl (C=O) groups is 2. The van der Waals surface area contributed by atoms with Crippen molar-refractivity contribution in [2.75, 3.05) is 7.11 Å². The summed E-state index contributed by atoms with van der Waals surface area (Å²) < 4.78 is 5.59. The third-order valence-electron chi connectivity index (χ3n) is 3.60. The minimum Gasteiger partial charge on any atom is -0.465 e. The lowest BCUT2D eigenvalue weighted by atomic mass is 10.1. The van der Waals surface area contributed by atoms with Crippen LogP contribution in [0.25, 0.3) is 22.2 Å². The van der Waals surface area contributed by atoms with Gasteiger partial charge in [-0.2, -0.15) is 0 Å². The second-order valence-corrected chi connectivity index (χ2v) is 5.86. The lowest BCUT2D eigenvalue weighted by Gasteiger charge is -2.02. The van der Waals surface area contributed by atoms with Gasteiger partial charge in [-0.05, 0) is 35.9 Å². The molecule has 3 rings (SSSR count). The number of esters is 1. The van der Waals surface area contributed by atoms with Gasteiger partial charge in [-0.1, -0.05) is 28.1 Å². The molecule has 5 nitrogen and oxygen atoms in total. The Kier molecular flexibility index (Phi) is 3.92. The zero-order valence-electron chi connectivity index (χ0n) is 12.2. The van der Waals surface area contributed by atoms with Crippen molar-refractivity contribution in [3.05, 3.63) is 58.1 Å². The molecule has 0 saturated heterocycles. The summed E-state index contributed by atoms with van der Waals surface area (Å²) in [5, 5.41) is 0.847. The Bertz CT molecular complexity index is 931. The van der Waals surface area contributed by atoms with E-state index in [9.17, 15) is 9.59 Å². The van der Waals surface area contributed by atoms with Crippen molar-refractivity contribution in [2.45, 2.75) is 0 Å². The Labute approximate surface area is 140 Å². The molecule has 23 heavy (non-hydrogen) atoms. The van der Waals surface area contributed by atoms with Crippen LogP contribution in [0, 0.1) is 0 Å². The Morgan fingerprint density at radius 1 is 1.17 bits per heavy atom. The quantitative estimate of drug-likeness (QED) is 0.690. The molecule has 1 aromatic heterocycles. The number of aromatic nitrogens is 1. The van der Waals surface area contributed by atoms with Crippen LogP contribution < -0.4 is 5.73 Å². The van der Waals surface area contributed by atoms with Crippen LogP contribution in [-0.2, 0) is 4.74 Å². The molecule has 0 aliphatic rings. The van der Waals surface area contributed by atoms with E-state index in [2.05, 4.69) is 20.9 Å². The van der Waals surface area contributed by atoms with Gasteiger partial charge in [-0.15, -0.1) is 0 Å². The standard InChI is InChI=1S/C17H13BrN2O3/c1-23-17(22)10-4-2-3-9(7-10)14-8-12-13(18)6-5-11(16(19)21)15(12)20-14/h2-8,20H,1H3,(H2,19,21). The highest BCUT2D eigenvalue weighted by atomic mass is 79.9. The zero-order valence-corrected chi connectivity index (χ0v) is 13.8. The Hall–Kier alpha value is -2.60. The number of nitrogens with one attached hydrogen (secondary N) is 1. The molecule has 1 heterocycles. The van der Waals surface area contributed by atoms with Crippen molar-refractivity contribution in [1.29, 1.82) is 0 Å². The van der Waals surface area contributed by atoms with Gasteiger partial charge in [0.05, 0.1) is 23.8 Å². The molecule has 2 aromatic carbocycles. The van der Waals surface area contributed by atoms with Gasteiger partial charge in [-0.3, -0.25) is 4.79 Å². The van der Waals surface area contributed by atoms with Crippen molar-refractivity contribution in [2.24, 2.45) is 5.73 Å². The number of fused-ring (bicyclic) bond motifs is 1. The van der Waals surface area contributed by atoms with Gasteiger partial charge in [-0.25, -0.2) is 4.79 Å². The first-order chi connectivity index (χ1) is 11.0. The second kappa shape index (κ2) is 5.89. The van der Waals surface area contributed by atoms with Crippen LogP contribution in [0.5, 0.6) is 0 Å². The molecule has 6 heteroatoms. The average Bonchev–Trinajstić information content (AvgIpc) is 3.00. The molecule has 1 amide bonds. The molecule has 0 aliphatic carbocycles. The normalized spacial score (nSPS) is 10.7. The maximum absolute atomic E-state index is 11.7. The fraction of sp³-hybridized carbons (Fsp3) is 0.0588. The number of halogens is 1. The number of aromatic amines is 1. The molecule has 0 fully saturated rings. The van der Waals surface area contributed by atoms with Gasteiger partial charge in [0.1, 0.15) is 0 Å². The van der Waals surface area contributed by atoms with Crippen molar-refractivity contribution in [3.63, 3.8) is 0 Å². The number of benzene rings is 2. The predicted molar refractivity (Wildman–Crippen MR) is 91.3 cm³/mol. The van der Waals surface area contributed by atoms with E-state index in [1.807, 2.05) is 12.1 Å². The Morgan fingerprint density at radius 2 is 1.96 bits per heavy atom. The summed E-state index contributed by atoms with van der Waals surface area (Å²) in [6, 6.07) is 12.4. The summed E-state index contributed by atoms with van der Waals surface area (Å²) in [5.41, 5.74) is 8.54. The molecule has 0 saturated carbocycles. The second-order valence-electron chi connectivity index (χ2n) is 5.00. The third kappa shape index (κ3) is 2.73. The number of ether oxygens (including phenoxy) is 1. The molecule has 116 valence electrons. The number of hydrogen-bond acceptors (Lipinski definition) is 3. The van der Waals surface area contributed by atoms with Gasteiger partial charge < -0.3 is 15.5 Å². The summed E-state index contributed by atoms with van der Waals surface area (Å²) in [7, 11) is 1.34. The summed E-state index contributed by atoms with van der Waals surface area (Å²) in [6.07, 6.45) is 0. The van der Waals surface area contributed by atoms with Crippen molar-refractivity contribution in [3.8, 4) is 11.3 Å². The van der Waals surface area contributed by atoms with Crippen LogP contribution >= 0.6 is 15.9 Å². The van der Waals surface area contributed by atoms with E-state index in [0.29, 0.717) is 16.6 Å². The topological polar surface area (TPSA) is 85.2 Å². The largest absolute Gasteiger partial charge is 0.465 e. The van der Waals surface area contributed by atoms with Crippen molar-refractivity contribution in [1.82, 2.24) is 4.98 Å². The number of carbonyl (C=O) groups excluding carboxylic acids is 2. The molecular weight excluding hydrogens is 360 g/mol. The number of methoxy groups -OCH3 is 1. The molecule has 0 unspecified atom stereocenters. The predicted octanol–water partition coefficient (Wildman–Crippen LogP) is 3.48. The highest BCUT2D eigenvalue weighted by Crippen LogP contribution is 2.31. The van der Waals surface area contributed by atoms with Crippen LogP contribution in [0.1, 0.15) is 20.7 Å². The molecule has 0 bridgehead atoms. The fourth-order valence-corrected chi connectivity index (χ4v) is 2.92. The summed E-state index contributed by atoms with van der Waals surface area (Å²) in [5.74, 6) is -0.902. The maximum Gasteiger partial charge on any atom is 0.337 e. The monoisotopic (exact) mass is 372 g/mol. The van der Waals surface area contributed by atoms with Crippen LogP contribution in [0.2, 0.25) is 0 Å². The van der Waals surface area contributed by atoms with E-state index in [1.165, 1.54) is 7.11 Å². The number of hydrogen-bond donors (Lipinski definition) is 2. The van der Waals surface area contributed by atoms with Gasteiger partial charge in [0.25, 0.3) is 5.91 Å². The molecule has 3 aromatic rings. The van der Waals surface area contributed by atoms with Gasteiger partial charge >= 0.3 is 5.97 Å². The van der Waals surface area contributed by atoms with Gasteiger partial charge in [0.2, 0.25) is 0 Å². The lowest BCUT2D eigenvalue weighted by molar-refractivity contribution is 0.0600. The van der Waals surface area contributed by atoms with Crippen LogP contribution in [0.4, 0.5) is 0 Å². The van der Waals surface area contributed by atoms with E-state index in [-0.39, 0.29) is 0 Å². The maximum atomic E-state index is 11.7. The summed E-state index contributed by atoms with van der Waals surface area (Å²) in [4.78, 5) is 26.4. The average molecular weight is 373 g/mol. The van der Waals surface area contributed by atoms with Crippen LogP contribution in [-0.4, -0.2) is 24.0 Å². The summed E-state index contributed by atoms with van der Waals surface area (Å²) >= 11 is 3.47. The molecule has 3 N–H and O–H groups in total. The fourth-order valence-electron chi connectivity index (χ4n) is 2.48. The van der Waals surface area contributed by atoms with Crippen LogP contribution in [0.3, 0.4) is 0 Å².